The Balaban J connectivity index is 2.32. The first-order valence-corrected chi connectivity index (χ1v) is 6.87. The number of nitrogens with two attached hydrogens (primary N) is 1. The highest BCUT2D eigenvalue weighted by molar-refractivity contribution is 7.99. The van der Waals surface area contributed by atoms with E-state index in [1.165, 1.54) is 0 Å². The third-order valence-electron chi connectivity index (χ3n) is 2.12. The first-order chi connectivity index (χ1) is 7.61. The Morgan fingerprint density at radius 2 is 2.19 bits per heavy atom. The maximum absolute atomic E-state index is 6.08. The highest BCUT2D eigenvalue weighted by Gasteiger charge is 2.04. The van der Waals surface area contributed by atoms with Crippen LogP contribution in [0.2, 0.25) is 5.02 Å². The van der Waals surface area contributed by atoms with E-state index in [9.17, 15) is 0 Å². The lowest BCUT2D eigenvalue weighted by Gasteiger charge is -2.09. The molecule has 0 saturated heterocycles. The van der Waals surface area contributed by atoms with Crippen LogP contribution in [0.15, 0.2) is 23.1 Å². The summed E-state index contributed by atoms with van der Waals surface area (Å²) in [5, 5.41) is 4.14. The van der Waals surface area contributed by atoms with Crippen LogP contribution in [0.5, 0.6) is 0 Å². The zero-order valence-electron chi connectivity index (χ0n) is 9.79. The van der Waals surface area contributed by atoms with Gasteiger partial charge in [0, 0.05) is 16.6 Å². The quantitative estimate of drug-likeness (QED) is 0.467. The number of halogens is 1. The van der Waals surface area contributed by atoms with Crippen LogP contribution < -0.4 is 11.1 Å². The summed E-state index contributed by atoms with van der Waals surface area (Å²) in [6.07, 6.45) is 1.12. The fraction of sp³-hybridized carbons (Fsp3) is 0.500. The predicted octanol–water partition coefficient (Wildman–Crippen LogP) is 3.40. The SMILES string of the molecule is CC(C)NCCCSc1c(N)cccc1Cl. The van der Waals surface area contributed by atoms with Crippen LogP contribution in [0, 0.1) is 0 Å². The minimum atomic E-state index is 0.551. The summed E-state index contributed by atoms with van der Waals surface area (Å²) in [5.74, 6) is 1.04. The van der Waals surface area contributed by atoms with Crippen LogP contribution in [-0.2, 0) is 0 Å². The molecule has 1 aromatic rings. The first-order valence-electron chi connectivity index (χ1n) is 5.51. The van der Waals surface area contributed by atoms with E-state index in [1.54, 1.807) is 11.8 Å². The molecule has 0 aliphatic carbocycles. The Labute approximate surface area is 107 Å². The van der Waals surface area contributed by atoms with Gasteiger partial charge in [0.1, 0.15) is 0 Å². The molecule has 2 nitrogen and oxygen atoms in total. The molecule has 0 spiro atoms. The average Bonchev–Trinajstić information content (AvgIpc) is 2.21. The van der Waals surface area contributed by atoms with Crippen LogP contribution in [0.4, 0.5) is 5.69 Å². The molecule has 0 radical (unpaired) electrons. The second-order valence-corrected chi connectivity index (χ2v) is 5.48. The Kier molecular flexibility index (Phi) is 6.03. The lowest BCUT2D eigenvalue weighted by atomic mass is 10.3. The number of hydrogen-bond donors (Lipinski definition) is 2. The number of thioether (sulfide) groups is 1. The molecule has 0 aliphatic rings. The molecule has 90 valence electrons. The molecule has 1 aromatic carbocycles. The third kappa shape index (κ3) is 4.64. The maximum Gasteiger partial charge on any atom is 0.0562 e. The monoisotopic (exact) mass is 258 g/mol. The molecule has 0 saturated carbocycles. The molecule has 0 aromatic heterocycles. The summed E-state index contributed by atoms with van der Waals surface area (Å²) >= 11 is 7.80. The minimum Gasteiger partial charge on any atom is -0.398 e. The topological polar surface area (TPSA) is 38.0 Å². The average molecular weight is 259 g/mol. The van der Waals surface area contributed by atoms with Crippen molar-refractivity contribution in [3.05, 3.63) is 23.2 Å². The van der Waals surface area contributed by atoms with Gasteiger partial charge in [0.15, 0.2) is 0 Å². The molecular formula is C12H19ClN2S. The van der Waals surface area contributed by atoms with E-state index >= 15 is 0 Å². The first kappa shape index (κ1) is 13.7. The van der Waals surface area contributed by atoms with Crippen LogP contribution in [-0.4, -0.2) is 18.3 Å². The summed E-state index contributed by atoms with van der Waals surface area (Å²) in [7, 11) is 0. The summed E-state index contributed by atoms with van der Waals surface area (Å²) < 4.78 is 0. The second-order valence-electron chi connectivity index (χ2n) is 3.97. The molecule has 0 aliphatic heterocycles. The lowest BCUT2D eigenvalue weighted by molar-refractivity contribution is 0.586. The summed E-state index contributed by atoms with van der Waals surface area (Å²) in [6, 6.07) is 6.20. The van der Waals surface area contributed by atoms with E-state index in [4.69, 9.17) is 17.3 Å². The molecule has 4 heteroatoms. The van der Waals surface area contributed by atoms with E-state index in [0.717, 1.165) is 34.3 Å². The van der Waals surface area contributed by atoms with Crippen molar-refractivity contribution >= 4 is 29.1 Å². The summed E-state index contributed by atoms with van der Waals surface area (Å²) in [6.45, 7) is 5.34. The van der Waals surface area contributed by atoms with Gasteiger partial charge < -0.3 is 11.1 Å². The molecule has 0 amide bonds. The van der Waals surface area contributed by atoms with Crippen molar-refractivity contribution in [3.8, 4) is 0 Å². The van der Waals surface area contributed by atoms with E-state index in [2.05, 4.69) is 19.2 Å². The van der Waals surface area contributed by atoms with Crippen LogP contribution in [0.1, 0.15) is 20.3 Å². The normalized spacial score (nSPS) is 11.0. The van der Waals surface area contributed by atoms with Gasteiger partial charge in [-0.15, -0.1) is 11.8 Å². The molecular weight excluding hydrogens is 240 g/mol. The summed E-state index contributed by atoms with van der Waals surface area (Å²) in [5.41, 5.74) is 6.64. The Morgan fingerprint density at radius 1 is 1.44 bits per heavy atom. The Bertz CT molecular complexity index is 309. The fourth-order valence-corrected chi connectivity index (χ4v) is 2.59. The second kappa shape index (κ2) is 7.05. The van der Waals surface area contributed by atoms with Crippen molar-refractivity contribution < 1.29 is 0 Å². The number of nitrogen functional groups attached to an aromatic ring is 1. The van der Waals surface area contributed by atoms with Crippen molar-refractivity contribution in [2.24, 2.45) is 0 Å². The van der Waals surface area contributed by atoms with Crippen molar-refractivity contribution in [2.75, 3.05) is 18.0 Å². The molecule has 0 unspecified atom stereocenters. The lowest BCUT2D eigenvalue weighted by Crippen LogP contribution is -2.23. The van der Waals surface area contributed by atoms with Gasteiger partial charge in [0.05, 0.1) is 5.02 Å². The molecule has 3 N–H and O–H groups in total. The predicted molar refractivity (Wildman–Crippen MR) is 74.3 cm³/mol. The van der Waals surface area contributed by atoms with Gasteiger partial charge in [-0.3, -0.25) is 0 Å². The van der Waals surface area contributed by atoms with Gasteiger partial charge in [0.2, 0.25) is 0 Å². The molecule has 16 heavy (non-hydrogen) atoms. The smallest absolute Gasteiger partial charge is 0.0562 e. The van der Waals surface area contributed by atoms with Gasteiger partial charge >= 0.3 is 0 Å². The number of rotatable bonds is 6. The zero-order valence-corrected chi connectivity index (χ0v) is 11.4. The molecule has 0 heterocycles. The molecule has 0 bridgehead atoms. The van der Waals surface area contributed by atoms with Crippen molar-refractivity contribution in [3.63, 3.8) is 0 Å². The number of nitrogens with one attached hydrogen (secondary N) is 1. The van der Waals surface area contributed by atoms with Gasteiger partial charge in [-0.05, 0) is 30.9 Å². The molecule has 1 rings (SSSR count). The zero-order chi connectivity index (χ0) is 12.0. The number of anilines is 1. The highest BCUT2D eigenvalue weighted by atomic mass is 35.5. The number of benzene rings is 1. The Morgan fingerprint density at radius 3 is 2.81 bits per heavy atom. The molecule has 0 atom stereocenters. The van der Waals surface area contributed by atoms with Crippen LogP contribution in [0.25, 0.3) is 0 Å². The van der Waals surface area contributed by atoms with Gasteiger partial charge in [-0.1, -0.05) is 31.5 Å². The highest BCUT2D eigenvalue weighted by Crippen LogP contribution is 2.32. The number of hydrogen-bond acceptors (Lipinski definition) is 3. The van der Waals surface area contributed by atoms with Crippen LogP contribution >= 0.6 is 23.4 Å². The van der Waals surface area contributed by atoms with Crippen molar-refractivity contribution in [1.82, 2.24) is 5.32 Å². The fourth-order valence-electron chi connectivity index (χ4n) is 1.31. The largest absolute Gasteiger partial charge is 0.398 e. The summed E-state index contributed by atoms with van der Waals surface area (Å²) in [4.78, 5) is 1.01. The van der Waals surface area contributed by atoms with E-state index in [0.29, 0.717) is 6.04 Å². The van der Waals surface area contributed by atoms with Crippen LogP contribution in [0.3, 0.4) is 0 Å². The Hall–Kier alpha value is -0.380. The molecule has 0 fully saturated rings. The van der Waals surface area contributed by atoms with Gasteiger partial charge in [0.25, 0.3) is 0 Å². The van der Waals surface area contributed by atoms with Gasteiger partial charge in [-0.2, -0.15) is 0 Å². The van der Waals surface area contributed by atoms with E-state index < -0.39 is 0 Å². The van der Waals surface area contributed by atoms with Gasteiger partial charge in [-0.25, -0.2) is 0 Å². The van der Waals surface area contributed by atoms with Crippen molar-refractivity contribution in [2.45, 2.75) is 31.2 Å². The van der Waals surface area contributed by atoms with E-state index in [-0.39, 0.29) is 0 Å². The third-order valence-corrected chi connectivity index (χ3v) is 3.78. The minimum absolute atomic E-state index is 0.551. The van der Waals surface area contributed by atoms with E-state index in [1.807, 2.05) is 18.2 Å². The standard InChI is InChI=1S/C12H19ClN2S/c1-9(2)15-7-4-8-16-12-10(13)5-3-6-11(12)14/h3,5-6,9,15H,4,7-8,14H2,1-2H3. The maximum atomic E-state index is 6.08. The van der Waals surface area contributed by atoms with Crippen molar-refractivity contribution in [1.29, 1.82) is 0 Å².